The first-order valence-electron chi connectivity index (χ1n) is 10.6. The van der Waals surface area contributed by atoms with Crippen molar-refractivity contribution in [2.24, 2.45) is 0 Å². The molecule has 0 heterocycles. The number of hydrogen-bond donors (Lipinski definition) is 0. The first kappa shape index (κ1) is 26.1. The van der Waals surface area contributed by atoms with Crippen molar-refractivity contribution in [3.05, 3.63) is 10.4 Å². The lowest BCUT2D eigenvalue weighted by atomic mass is 10.1. The van der Waals surface area contributed by atoms with Crippen molar-refractivity contribution in [1.29, 1.82) is 0 Å². The number of azo groups is 1. The highest BCUT2D eigenvalue weighted by Gasteiger charge is 2.33. The first-order valence-corrected chi connectivity index (χ1v) is 10.6. The normalized spacial score (nSPS) is 14.1. The Bertz CT molecular complexity index is 439. The van der Waals surface area contributed by atoms with Gasteiger partial charge in [0.25, 0.3) is 0 Å². The molecule has 0 saturated carbocycles. The molecule has 28 heavy (non-hydrogen) atoms. The van der Waals surface area contributed by atoms with E-state index in [2.05, 4.69) is 13.8 Å². The van der Waals surface area contributed by atoms with Gasteiger partial charge in [0.2, 0.25) is 0 Å². The van der Waals surface area contributed by atoms with Crippen LogP contribution in [0.4, 0.5) is 0 Å². The molecule has 0 radical (unpaired) electrons. The van der Waals surface area contributed by atoms with E-state index in [1.165, 1.54) is 13.8 Å². The van der Waals surface area contributed by atoms with E-state index in [0.29, 0.717) is 12.8 Å². The molecule has 0 N–H and O–H groups in total. The van der Waals surface area contributed by atoms with Gasteiger partial charge < -0.3 is 19.9 Å². The van der Waals surface area contributed by atoms with Gasteiger partial charge in [-0.2, -0.15) is 0 Å². The molecule has 8 nitrogen and oxygen atoms in total. The summed E-state index contributed by atoms with van der Waals surface area (Å²) in [6, 6.07) is 0. The Balaban J connectivity index is 5.04. The van der Waals surface area contributed by atoms with Crippen molar-refractivity contribution in [2.75, 3.05) is 0 Å². The lowest BCUT2D eigenvalue weighted by Crippen LogP contribution is -2.38. The van der Waals surface area contributed by atoms with Crippen LogP contribution in [0.15, 0.2) is 0 Å². The average Bonchev–Trinajstić information content (AvgIpc) is 2.64. The van der Waals surface area contributed by atoms with Crippen LogP contribution < -0.4 is 0 Å². The van der Waals surface area contributed by atoms with Crippen LogP contribution in [0.1, 0.15) is 105 Å². The van der Waals surface area contributed by atoms with Gasteiger partial charge in [-0.05, 0) is 12.8 Å². The maximum Gasteiger partial charge on any atom is 0.371 e. The van der Waals surface area contributed by atoms with Crippen molar-refractivity contribution in [1.82, 2.24) is 0 Å². The van der Waals surface area contributed by atoms with Crippen molar-refractivity contribution < 1.29 is 28.8 Å². The van der Waals surface area contributed by atoms with E-state index in [1.54, 1.807) is 0 Å². The minimum atomic E-state index is -1.21. The first-order chi connectivity index (χ1) is 13.3. The van der Waals surface area contributed by atoms with Gasteiger partial charge in [-0.1, -0.05) is 65.2 Å². The summed E-state index contributed by atoms with van der Waals surface area (Å²) in [6.45, 7) is 6.61. The summed E-state index contributed by atoms with van der Waals surface area (Å²) in [7, 11) is 0. The third kappa shape index (κ3) is 12.5. The SMILES string of the molecule is CCCCCCCC(OC(C)=O)/[N+]([O-])=[N+](\[O-])C(CCCCCCC)OC(C)=O. The molecule has 2 atom stereocenters. The number of nitrogens with zero attached hydrogens (tertiary/aromatic N) is 2. The van der Waals surface area contributed by atoms with E-state index < -0.39 is 24.4 Å². The lowest BCUT2D eigenvalue weighted by molar-refractivity contribution is -1.02. The number of carbonyl (C=O) groups excluding carboxylic acids is 2. The molecule has 8 heteroatoms. The minimum absolute atomic E-state index is 0.0981. The highest BCUT2D eigenvalue weighted by atomic mass is 16.7. The molecule has 0 bridgehead atoms. The molecular formula is C20H38N2O6. The average molecular weight is 403 g/mol. The Morgan fingerprint density at radius 1 is 0.679 bits per heavy atom. The fourth-order valence-electron chi connectivity index (χ4n) is 2.91. The van der Waals surface area contributed by atoms with E-state index in [0.717, 1.165) is 51.4 Å². The predicted molar refractivity (Wildman–Crippen MR) is 105 cm³/mol. The zero-order valence-corrected chi connectivity index (χ0v) is 18.0. The molecule has 0 saturated heterocycles. The Hall–Kier alpha value is -1.86. The summed E-state index contributed by atoms with van der Waals surface area (Å²) in [6.07, 6.45) is 7.64. The van der Waals surface area contributed by atoms with Crippen molar-refractivity contribution >= 4 is 11.9 Å². The number of hydroxylamine groups is 2. The maximum absolute atomic E-state index is 12.5. The van der Waals surface area contributed by atoms with E-state index >= 15 is 0 Å². The summed E-state index contributed by atoms with van der Waals surface area (Å²) in [5.41, 5.74) is 0. The third-order valence-electron chi connectivity index (χ3n) is 4.40. The van der Waals surface area contributed by atoms with E-state index in [-0.39, 0.29) is 22.6 Å². The Kier molecular flexibility index (Phi) is 15.1. The van der Waals surface area contributed by atoms with Crippen LogP contribution in [0.5, 0.6) is 0 Å². The molecule has 0 aliphatic heterocycles. The molecule has 164 valence electrons. The quantitative estimate of drug-likeness (QED) is 0.0902. The van der Waals surface area contributed by atoms with E-state index in [1.807, 2.05) is 0 Å². The summed E-state index contributed by atoms with van der Waals surface area (Å²) in [5, 5.41) is 25.0. The smallest absolute Gasteiger partial charge is 0.371 e. The molecule has 0 fully saturated rings. The standard InChI is InChI=1S/C20H38N2O6/c1-5-7-9-11-13-15-19(27-17(3)23)21(25)22(26)20(28-18(4)24)16-14-12-10-8-6-2/h19-20H,5-16H2,1-4H3/b22-21+. The molecule has 0 aliphatic rings. The van der Waals surface area contributed by atoms with Crippen molar-refractivity contribution in [3.63, 3.8) is 0 Å². The number of carbonyl (C=O) groups is 2. The fraction of sp³-hybridized carbons (Fsp3) is 0.900. The largest absolute Gasteiger partial charge is 0.563 e. The molecule has 0 aromatic carbocycles. The number of rotatable bonds is 16. The molecule has 0 aliphatic carbocycles. The van der Waals surface area contributed by atoms with Gasteiger partial charge >= 0.3 is 24.4 Å². The van der Waals surface area contributed by atoms with Crippen molar-refractivity contribution in [2.45, 2.75) is 117 Å². The minimum Gasteiger partial charge on any atom is -0.563 e. The van der Waals surface area contributed by atoms with Crippen molar-refractivity contribution in [3.8, 4) is 0 Å². The van der Waals surface area contributed by atoms with Gasteiger partial charge in [0.1, 0.15) is 0 Å². The number of unbranched alkanes of at least 4 members (excludes halogenated alkanes) is 8. The summed E-state index contributed by atoms with van der Waals surface area (Å²) in [5.74, 6) is -1.26. The predicted octanol–water partition coefficient (Wildman–Crippen LogP) is 4.96. The van der Waals surface area contributed by atoms with Crippen LogP contribution in [0.3, 0.4) is 0 Å². The van der Waals surface area contributed by atoms with Crippen LogP contribution >= 0.6 is 0 Å². The van der Waals surface area contributed by atoms with Gasteiger partial charge in [-0.25, -0.2) is 0 Å². The number of hydrogen-bond acceptors (Lipinski definition) is 6. The molecule has 0 rings (SSSR count). The Morgan fingerprint density at radius 2 is 1.00 bits per heavy atom. The van der Waals surface area contributed by atoms with Gasteiger partial charge in [0.05, 0.1) is 22.6 Å². The Morgan fingerprint density at radius 3 is 1.29 bits per heavy atom. The highest BCUT2D eigenvalue weighted by molar-refractivity contribution is 5.66. The van der Waals surface area contributed by atoms with Gasteiger partial charge in [-0.15, -0.1) is 0 Å². The summed E-state index contributed by atoms with van der Waals surface area (Å²) >= 11 is 0. The molecule has 0 spiro atoms. The zero-order valence-electron chi connectivity index (χ0n) is 18.0. The summed E-state index contributed by atoms with van der Waals surface area (Å²) in [4.78, 5) is 22.9. The van der Waals surface area contributed by atoms with Crippen LogP contribution in [0, 0.1) is 10.4 Å². The monoisotopic (exact) mass is 402 g/mol. The second-order valence-corrected chi connectivity index (χ2v) is 7.14. The van der Waals surface area contributed by atoms with Crippen LogP contribution in [-0.4, -0.2) is 34.1 Å². The molecular weight excluding hydrogens is 364 g/mol. The molecule has 0 aromatic rings. The fourth-order valence-corrected chi connectivity index (χ4v) is 2.91. The van der Waals surface area contributed by atoms with Crippen LogP contribution in [-0.2, 0) is 19.1 Å². The Labute approximate surface area is 169 Å². The molecule has 0 amide bonds. The third-order valence-corrected chi connectivity index (χ3v) is 4.40. The topological polar surface area (TPSA) is 105 Å². The lowest BCUT2D eigenvalue weighted by Gasteiger charge is -2.17. The van der Waals surface area contributed by atoms with Gasteiger partial charge in [0, 0.05) is 13.8 Å². The van der Waals surface area contributed by atoms with Crippen LogP contribution in [0.2, 0.25) is 0 Å². The highest BCUT2D eigenvalue weighted by Crippen LogP contribution is 2.14. The zero-order chi connectivity index (χ0) is 21.4. The van der Waals surface area contributed by atoms with Gasteiger partial charge in [-0.3, -0.25) is 9.59 Å². The second kappa shape index (κ2) is 16.1. The number of ether oxygens (including phenoxy) is 2. The number of esters is 2. The van der Waals surface area contributed by atoms with E-state index in [4.69, 9.17) is 9.47 Å². The molecule has 0 aromatic heterocycles. The second-order valence-electron chi connectivity index (χ2n) is 7.14. The maximum atomic E-state index is 12.5. The van der Waals surface area contributed by atoms with Gasteiger partial charge in [0.15, 0.2) is 0 Å². The molecule has 2 unspecified atom stereocenters. The van der Waals surface area contributed by atoms with Crippen LogP contribution in [0.25, 0.3) is 0 Å². The summed E-state index contributed by atoms with van der Waals surface area (Å²) < 4.78 is 10.1. The van der Waals surface area contributed by atoms with E-state index in [9.17, 15) is 20.0 Å².